The lowest BCUT2D eigenvalue weighted by molar-refractivity contribution is 0.660. The van der Waals surface area contributed by atoms with Crippen molar-refractivity contribution in [2.75, 3.05) is 0 Å². The average molecular weight is 612 g/mol. The van der Waals surface area contributed by atoms with E-state index in [9.17, 15) is 0 Å². The Kier molecular flexibility index (Phi) is 5.69. The lowest BCUT2D eigenvalue weighted by Gasteiger charge is -2.22. The molecule has 1 heterocycles. The maximum atomic E-state index is 2.48. The normalized spacial score (nSPS) is 13.4. The van der Waals surface area contributed by atoms with Gasteiger partial charge in [-0.3, -0.25) is 0 Å². The van der Waals surface area contributed by atoms with E-state index in [1.165, 1.54) is 93.9 Å². The van der Waals surface area contributed by atoms with Crippen molar-refractivity contribution in [1.82, 2.24) is 4.57 Å². The minimum atomic E-state index is -0.0380. The first-order chi connectivity index (χ1) is 23.5. The highest BCUT2D eigenvalue weighted by Crippen LogP contribution is 2.50. The summed E-state index contributed by atoms with van der Waals surface area (Å²) in [5, 5.41) is 5.20. The third-order valence-electron chi connectivity index (χ3n) is 10.7. The molecule has 1 aromatic heterocycles. The van der Waals surface area contributed by atoms with E-state index >= 15 is 0 Å². The number of benzene rings is 8. The molecule has 1 aliphatic carbocycles. The van der Waals surface area contributed by atoms with Crippen LogP contribution < -0.4 is 0 Å². The molecule has 0 atom stereocenters. The van der Waals surface area contributed by atoms with E-state index in [0.717, 1.165) is 0 Å². The second-order valence-electron chi connectivity index (χ2n) is 13.8. The molecule has 226 valence electrons. The monoisotopic (exact) mass is 611 g/mol. The van der Waals surface area contributed by atoms with Gasteiger partial charge in [0.05, 0.1) is 11.0 Å². The van der Waals surface area contributed by atoms with Gasteiger partial charge < -0.3 is 4.57 Å². The Morgan fingerprint density at radius 3 is 1.54 bits per heavy atom. The van der Waals surface area contributed by atoms with Crippen molar-refractivity contribution in [2.45, 2.75) is 19.3 Å². The number of rotatable bonds is 4. The summed E-state index contributed by atoms with van der Waals surface area (Å²) in [7, 11) is 0. The van der Waals surface area contributed by atoms with Gasteiger partial charge in [0.15, 0.2) is 0 Å². The zero-order valence-corrected chi connectivity index (χ0v) is 27.0. The van der Waals surface area contributed by atoms with Gasteiger partial charge in [0.1, 0.15) is 0 Å². The van der Waals surface area contributed by atoms with Crippen molar-refractivity contribution >= 4 is 32.6 Å². The summed E-state index contributed by atoms with van der Waals surface area (Å²) in [4.78, 5) is 0. The molecule has 48 heavy (non-hydrogen) atoms. The van der Waals surface area contributed by atoms with Crippen molar-refractivity contribution in [3.05, 3.63) is 175 Å². The fourth-order valence-electron chi connectivity index (χ4n) is 8.33. The lowest BCUT2D eigenvalue weighted by atomic mass is 9.81. The average Bonchev–Trinajstić information content (AvgIpc) is 3.60. The summed E-state index contributed by atoms with van der Waals surface area (Å²) in [6.45, 7) is 4.72. The Morgan fingerprint density at radius 2 is 0.875 bits per heavy atom. The van der Waals surface area contributed by atoms with Gasteiger partial charge in [0, 0.05) is 21.9 Å². The molecule has 0 fully saturated rings. The summed E-state index contributed by atoms with van der Waals surface area (Å²) in [5.74, 6) is 0. The molecule has 0 radical (unpaired) electrons. The quantitative estimate of drug-likeness (QED) is 0.175. The smallest absolute Gasteiger partial charge is 0.0553 e. The Morgan fingerprint density at radius 1 is 0.375 bits per heavy atom. The van der Waals surface area contributed by atoms with Gasteiger partial charge in [-0.1, -0.05) is 135 Å². The van der Waals surface area contributed by atoms with Crippen molar-refractivity contribution in [1.29, 1.82) is 0 Å². The summed E-state index contributed by atoms with van der Waals surface area (Å²) in [5.41, 5.74) is 16.6. The molecule has 0 saturated carbocycles. The van der Waals surface area contributed by atoms with Crippen molar-refractivity contribution < 1.29 is 0 Å². The van der Waals surface area contributed by atoms with E-state index in [2.05, 4.69) is 182 Å². The first kappa shape index (κ1) is 27.2. The highest BCUT2D eigenvalue weighted by Gasteiger charge is 2.35. The van der Waals surface area contributed by atoms with E-state index < -0.39 is 0 Å². The first-order valence-corrected chi connectivity index (χ1v) is 16.8. The van der Waals surface area contributed by atoms with Gasteiger partial charge in [-0.05, 0) is 109 Å². The number of nitrogens with zero attached hydrogens (tertiary/aromatic N) is 1. The molecule has 0 saturated heterocycles. The van der Waals surface area contributed by atoms with E-state index in [4.69, 9.17) is 0 Å². The van der Waals surface area contributed by atoms with Crippen LogP contribution in [0.3, 0.4) is 0 Å². The second-order valence-corrected chi connectivity index (χ2v) is 13.8. The number of para-hydroxylation sites is 1. The molecule has 1 aliphatic rings. The summed E-state index contributed by atoms with van der Waals surface area (Å²) >= 11 is 0. The van der Waals surface area contributed by atoms with Crippen LogP contribution in [0.2, 0.25) is 0 Å². The third-order valence-corrected chi connectivity index (χ3v) is 10.7. The van der Waals surface area contributed by atoms with Crippen LogP contribution in [0, 0.1) is 0 Å². The predicted molar refractivity (Wildman–Crippen MR) is 203 cm³/mol. The summed E-state index contributed by atoms with van der Waals surface area (Å²) < 4.78 is 2.48. The standard InChI is InChI=1S/C47H33N/c1-47(2)41-16-10-9-15-39(41)40-24-23-33(27-42(40)47)37-26-35-22-21-34-25-36(32-19-17-31(18-20-32)30-11-5-3-6-12-30)28-43-45(34)46(35)44(29-37)48(43)38-13-7-4-8-14-38/h3-29H,1-2H3. The largest absolute Gasteiger partial charge is 0.309 e. The van der Waals surface area contributed by atoms with Gasteiger partial charge in [0.2, 0.25) is 0 Å². The predicted octanol–water partition coefficient (Wildman–Crippen LogP) is 12.7. The molecule has 10 rings (SSSR count). The molecule has 0 bridgehead atoms. The number of fused-ring (bicyclic) bond motifs is 3. The summed E-state index contributed by atoms with van der Waals surface area (Å²) in [6.07, 6.45) is 0. The van der Waals surface area contributed by atoms with Crippen LogP contribution >= 0.6 is 0 Å². The van der Waals surface area contributed by atoms with Gasteiger partial charge in [-0.2, -0.15) is 0 Å². The maximum Gasteiger partial charge on any atom is 0.0553 e. The van der Waals surface area contributed by atoms with Crippen LogP contribution in [-0.4, -0.2) is 4.57 Å². The van der Waals surface area contributed by atoms with E-state index in [1.807, 2.05) is 0 Å². The molecule has 0 amide bonds. The molecule has 9 aromatic rings. The number of hydrogen-bond acceptors (Lipinski definition) is 0. The Balaban J connectivity index is 1.18. The molecule has 0 unspecified atom stereocenters. The SMILES string of the molecule is CC1(C)c2ccccc2-c2ccc(-c3cc4ccc5cc(-c6ccc(-c7ccccc7)cc6)cc6c5c4c(c3)n6-c3ccccc3)cc21. The fourth-order valence-corrected chi connectivity index (χ4v) is 8.33. The van der Waals surface area contributed by atoms with Crippen molar-refractivity contribution in [3.63, 3.8) is 0 Å². The van der Waals surface area contributed by atoms with Crippen molar-refractivity contribution in [3.8, 4) is 50.2 Å². The Bertz CT molecular complexity index is 2660. The highest BCUT2D eigenvalue weighted by molar-refractivity contribution is 6.25. The Labute approximate surface area is 280 Å². The van der Waals surface area contributed by atoms with Crippen LogP contribution in [0.5, 0.6) is 0 Å². The molecular weight excluding hydrogens is 579 g/mol. The summed E-state index contributed by atoms with van der Waals surface area (Å²) in [6, 6.07) is 60.6. The second kappa shape index (κ2) is 10.0. The van der Waals surface area contributed by atoms with Crippen LogP contribution in [0.1, 0.15) is 25.0 Å². The number of hydrogen-bond donors (Lipinski definition) is 0. The minimum Gasteiger partial charge on any atom is -0.309 e. The highest BCUT2D eigenvalue weighted by atomic mass is 15.0. The van der Waals surface area contributed by atoms with Gasteiger partial charge in [-0.15, -0.1) is 0 Å². The Hall–Kier alpha value is -5.92. The zero-order chi connectivity index (χ0) is 32.0. The zero-order valence-electron chi connectivity index (χ0n) is 27.0. The van der Waals surface area contributed by atoms with Gasteiger partial charge in [0.25, 0.3) is 0 Å². The first-order valence-electron chi connectivity index (χ1n) is 16.8. The molecule has 1 nitrogen and oxygen atoms in total. The van der Waals surface area contributed by atoms with E-state index in [1.54, 1.807) is 0 Å². The molecule has 0 spiro atoms. The molecule has 8 aromatic carbocycles. The third kappa shape index (κ3) is 3.91. The van der Waals surface area contributed by atoms with Crippen LogP contribution in [-0.2, 0) is 5.41 Å². The van der Waals surface area contributed by atoms with Crippen LogP contribution in [0.4, 0.5) is 0 Å². The molecular formula is C47H33N. The van der Waals surface area contributed by atoms with Crippen LogP contribution in [0.15, 0.2) is 164 Å². The van der Waals surface area contributed by atoms with E-state index in [-0.39, 0.29) is 5.41 Å². The lowest BCUT2D eigenvalue weighted by Crippen LogP contribution is -2.14. The molecule has 0 N–H and O–H groups in total. The molecule has 0 aliphatic heterocycles. The molecule has 1 heteroatoms. The van der Waals surface area contributed by atoms with Gasteiger partial charge in [-0.25, -0.2) is 0 Å². The topological polar surface area (TPSA) is 4.93 Å². The maximum absolute atomic E-state index is 2.48. The number of aromatic nitrogens is 1. The van der Waals surface area contributed by atoms with Gasteiger partial charge >= 0.3 is 0 Å². The minimum absolute atomic E-state index is 0.0380. The fraction of sp³-hybridized carbons (Fsp3) is 0.0638. The van der Waals surface area contributed by atoms with E-state index in [0.29, 0.717) is 0 Å². The van der Waals surface area contributed by atoms with Crippen LogP contribution in [0.25, 0.3) is 82.8 Å². The van der Waals surface area contributed by atoms with Crippen molar-refractivity contribution in [2.24, 2.45) is 0 Å².